The summed E-state index contributed by atoms with van der Waals surface area (Å²) in [5, 5.41) is 10.1. The summed E-state index contributed by atoms with van der Waals surface area (Å²) in [6.45, 7) is 2.70. The van der Waals surface area contributed by atoms with Crippen molar-refractivity contribution in [3.63, 3.8) is 0 Å². The third-order valence-corrected chi connectivity index (χ3v) is 3.45. The molecule has 0 bridgehead atoms. The van der Waals surface area contributed by atoms with Crippen LogP contribution in [0.25, 0.3) is 0 Å². The molecule has 2 unspecified atom stereocenters. The van der Waals surface area contributed by atoms with Crippen LogP contribution in [-0.2, 0) is 4.74 Å². The van der Waals surface area contributed by atoms with Gasteiger partial charge in [0.2, 0.25) is 0 Å². The van der Waals surface area contributed by atoms with E-state index < -0.39 is 6.10 Å². The molecule has 2 heterocycles. The van der Waals surface area contributed by atoms with E-state index in [1.54, 1.807) is 12.4 Å². The second-order valence-electron chi connectivity index (χ2n) is 3.72. The van der Waals surface area contributed by atoms with Gasteiger partial charge in [0, 0.05) is 29.5 Å². The van der Waals surface area contributed by atoms with Crippen molar-refractivity contribution >= 4 is 11.8 Å². The maximum absolute atomic E-state index is 10.1. The van der Waals surface area contributed by atoms with Gasteiger partial charge in [0.25, 0.3) is 0 Å². The van der Waals surface area contributed by atoms with Gasteiger partial charge in [0.05, 0.1) is 12.7 Å². The fourth-order valence-electron chi connectivity index (χ4n) is 1.64. The molecule has 1 aromatic heterocycles. The van der Waals surface area contributed by atoms with Gasteiger partial charge < -0.3 is 9.84 Å². The molecular formula is C11H15NO2S. The Balaban J connectivity index is 2.08. The fraction of sp³-hybridized carbons (Fsp3) is 0.545. The van der Waals surface area contributed by atoms with E-state index in [0.29, 0.717) is 0 Å². The Kier molecular flexibility index (Phi) is 3.61. The van der Waals surface area contributed by atoms with E-state index in [2.05, 4.69) is 4.98 Å². The topological polar surface area (TPSA) is 42.4 Å². The van der Waals surface area contributed by atoms with E-state index in [4.69, 9.17) is 4.74 Å². The van der Waals surface area contributed by atoms with Crippen molar-refractivity contribution in [1.29, 1.82) is 0 Å². The second kappa shape index (κ2) is 4.96. The van der Waals surface area contributed by atoms with Crippen LogP contribution in [0.1, 0.15) is 17.2 Å². The van der Waals surface area contributed by atoms with Crippen molar-refractivity contribution in [3.8, 4) is 0 Å². The molecule has 0 radical (unpaired) electrons. The molecule has 1 N–H and O–H groups in total. The molecule has 0 spiro atoms. The summed E-state index contributed by atoms with van der Waals surface area (Å²) in [5.41, 5.74) is 1.91. The summed E-state index contributed by atoms with van der Waals surface area (Å²) in [6.07, 6.45) is 2.85. The van der Waals surface area contributed by atoms with Gasteiger partial charge in [-0.1, -0.05) is 6.07 Å². The van der Waals surface area contributed by atoms with Crippen LogP contribution >= 0.6 is 11.8 Å². The monoisotopic (exact) mass is 225 g/mol. The lowest BCUT2D eigenvalue weighted by molar-refractivity contribution is -0.0229. The Hall–Kier alpha value is -0.580. The van der Waals surface area contributed by atoms with Crippen molar-refractivity contribution in [2.75, 3.05) is 18.1 Å². The van der Waals surface area contributed by atoms with E-state index in [1.807, 2.05) is 24.8 Å². The smallest absolute Gasteiger partial charge is 0.107 e. The van der Waals surface area contributed by atoms with Crippen LogP contribution in [0.3, 0.4) is 0 Å². The standard InChI is InChI=1S/C11H15NO2S/c1-8-4-9(6-12-5-8)11(13)10-7-15-3-2-14-10/h4-6,10-11,13H,2-3,7H2,1H3. The van der Waals surface area contributed by atoms with Gasteiger partial charge in [-0.25, -0.2) is 0 Å². The molecular weight excluding hydrogens is 210 g/mol. The van der Waals surface area contributed by atoms with E-state index in [0.717, 1.165) is 29.2 Å². The zero-order chi connectivity index (χ0) is 10.7. The van der Waals surface area contributed by atoms with Crippen LogP contribution in [-0.4, -0.2) is 34.3 Å². The highest BCUT2D eigenvalue weighted by Gasteiger charge is 2.24. The second-order valence-corrected chi connectivity index (χ2v) is 4.87. The number of thioether (sulfide) groups is 1. The largest absolute Gasteiger partial charge is 0.386 e. The molecule has 1 aromatic rings. The van der Waals surface area contributed by atoms with Crippen LogP contribution in [0.5, 0.6) is 0 Å². The molecule has 3 nitrogen and oxygen atoms in total. The van der Waals surface area contributed by atoms with Gasteiger partial charge >= 0.3 is 0 Å². The average molecular weight is 225 g/mol. The number of aliphatic hydroxyl groups is 1. The number of hydrogen-bond donors (Lipinski definition) is 1. The van der Waals surface area contributed by atoms with Gasteiger partial charge in [0.1, 0.15) is 6.10 Å². The molecule has 0 aliphatic carbocycles. The highest BCUT2D eigenvalue weighted by molar-refractivity contribution is 7.99. The summed E-state index contributed by atoms with van der Waals surface area (Å²) in [7, 11) is 0. The minimum absolute atomic E-state index is 0.0904. The quantitative estimate of drug-likeness (QED) is 0.829. The molecule has 1 aliphatic heterocycles. The molecule has 4 heteroatoms. The summed E-state index contributed by atoms with van der Waals surface area (Å²) in [6, 6.07) is 1.96. The number of pyridine rings is 1. The van der Waals surface area contributed by atoms with Gasteiger partial charge in [-0.05, 0) is 12.5 Å². The zero-order valence-corrected chi connectivity index (χ0v) is 9.54. The first kappa shape index (κ1) is 10.9. The Morgan fingerprint density at radius 2 is 2.47 bits per heavy atom. The van der Waals surface area contributed by atoms with Crippen LogP contribution in [0, 0.1) is 6.92 Å². The summed E-state index contributed by atoms with van der Waals surface area (Å²) in [4.78, 5) is 4.08. The van der Waals surface area contributed by atoms with Crippen LogP contribution < -0.4 is 0 Å². The molecule has 82 valence electrons. The van der Waals surface area contributed by atoms with E-state index in [-0.39, 0.29) is 6.10 Å². The van der Waals surface area contributed by atoms with Crippen LogP contribution in [0.15, 0.2) is 18.5 Å². The lowest BCUT2D eigenvalue weighted by Crippen LogP contribution is -2.29. The van der Waals surface area contributed by atoms with Gasteiger partial charge in [-0.2, -0.15) is 11.8 Å². The number of hydrogen-bond acceptors (Lipinski definition) is 4. The predicted molar refractivity (Wildman–Crippen MR) is 61.0 cm³/mol. The predicted octanol–water partition coefficient (Wildman–Crippen LogP) is 1.56. The first-order valence-electron chi connectivity index (χ1n) is 5.06. The number of aromatic nitrogens is 1. The Morgan fingerprint density at radius 1 is 1.60 bits per heavy atom. The molecule has 15 heavy (non-hydrogen) atoms. The fourth-order valence-corrected chi connectivity index (χ4v) is 2.53. The van der Waals surface area contributed by atoms with Crippen molar-refractivity contribution in [2.45, 2.75) is 19.1 Å². The van der Waals surface area contributed by atoms with E-state index in [1.165, 1.54) is 0 Å². The molecule has 2 rings (SSSR count). The number of ether oxygens (including phenoxy) is 1. The first-order valence-corrected chi connectivity index (χ1v) is 6.22. The Morgan fingerprint density at radius 3 is 3.13 bits per heavy atom. The SMILES string of the molecule is Cc1cncc(C(O)C2CSCCO2)c1. The van der Waals surface area contributed by atoms with Crippen LogP contribution in [0.4, 0.5) is 0 Å². The average Bonchev–Trinajstić information content (AvgIpc) is 2.29. The minimum Gasteiger partial charge on any atom is -0.386 e. The summed E-state index contributed by atoms with van der Waals surface area (Å²) >= 11 is 1.82. The van der Waals surface area contributed by atoms with Gasteiger partial charge in [-0.15, -0.1) is 0 Å². The molecule has 1 saturated heterocycles. The third-order valence-electron chi connectivity index (χ3n) is 2.43. The number of aliphatic hydroxyl groups excluding tert-OH is 1. The molecule has 2 atom stereocenters. The highest BCUT2D eigenvalue weighted by Crippen LogP contribution is 2.25. The first-order chi connectivity index (χ1) is 7.27. The molecule has 0 amide bonds. The zero-order valence-electron chi connectivity index (χ0n) is 8.72. The molecule has 1 fully saturated rings. The Labute approximate surface area is 93.9 Å². The van der Waals surface area contributed by atoms with Crippen molar-refractivity contribution in [3.05, 3.63) is 29.6 Å². The maximum atomic E-state index is 10.1. The van der Waals surface area contributed by atoms with Gasteiger partial charge in [0.15, 0.2) is 0 Å². The molecule has 0 aromatic carbocycles. The van der Waals surface area contributed by atoms with Crippen LogP contribution in [0.2, 0.25) is 0 Å². The number of rotatable bonds is 2. The molecule has 0 saturated carbocycles. The number of nitrogens with zero attached hydrogens (tertiary/aromatic N) is 1. The van der Waals surface area contributed by atoms with E-state index in [9.17, 15) is 5.11 Å². The minimum atomic E-state index is -0.551. The van der Waals surface area contributed by atoms with E-state index >= 15 is 0 Å². The summed E-state index contributed by atoms with van der Waals surface area (Å²) < 4.78 is 5.54. The third kappa shape index (κ3) is 2.71. The molecule has 1 aliphatic rings. The number of aryl methyl sites for hydroxylation is 1. The maximum Gasteiger partial charge on any atom is 0.107 e. The normalized spacial score (nSPS) is 23.7. The van der Waals surface area contributed by atoms with Crippen molar-refractivity contribution in [2.24, 2.45) is 0 Å². The lowest BCUT2D eigenvalue weighted by atomic mass is 10.1. The Bertz CT molecular complexity index is 326. The highest BCUT2D eigenvalue weighted by atomic mass is 32.2. The van der Waals surface area contributed by atoms with Gasteiger partial charge in [-0.3, -0.25) is 4.98 Å². The van der Waals surface area contributed by atoms with Crippen molar-refractivity contribution < 1.29 is 9.84 Å². The lowest BCUT2D eigenvalue weighted by Gasteiger charge is -2.26. The van der Waals surface area contributed by atoms with Crippen molar-refractivity contribution in [1.82, 2.24) is 4.98 Å². The summed E-state index contributed by atoms with van der Waals surface area (Å²) in [5.74, 6) is 1.88.